The lowest BCUT2D eigenvalue weighted by Gasteiger charge is -2.11. The number of rotatable bonds is 3. The number of hydrogen-bond donors (Lipinski definition) is 3. The highest BCUT2D eigenvalue weighted by molar-refractivity contribution is 6.44. The number of aromatic hydroxyl groups is 1. The Morgan fingerprint density at radius 2 is 1.70 bits per heavy atom. The van der Waals surface area contributed by atoms with Gasteiger partial charge in [-0.1, -0.05) is 17.7 Å². The first-order valence-corrected chi connectivity index (χ1v) is 7.04. The van der Waals surface area contributed by atoms with Crippen LogP contribution in [-0.4, -0.2) is 24.0 Å². The van der Waals surface area contributed by atoms with Gasteiger partial charge in [-0.2, -0.15) is 0 Å². The number of phenolic OH excluding ortho intramolecular Hbond substituents is 1. The summed E-state index contributed by atoms with van der Waals surface area (Å²) in [4.78, 5) is 23.9. The standard InChI is InChI=1S/C16H15ClN2O4/c1-9-3-5-11(13(20)7-9)18-15(21)16(22)19-12-8-10(17)4-6-14(12)23-2/h3-8,20H,1-2H3,(H,18,21)(H,19,22). The third-order valence-electron chi connectivity index (χ3n) is 3.02. The summed E-state index contributed by atoms with van der Waals surface area (Å²) in [7, 11) is 1.43. The van der Waals surface area contributed by atoms with Crippen LogP contribution in [0.2, 0.25) is 5.02 Å². The largest absolute Gasteiger partial charge is 0.506 e. The number of nitrogens with one attached hydrogen (secondary N) is 2. The van der Waals surface area contributed by atoms with Gasteiger partial charge in [0.25, 0.3) is 0 Å². The number of benzene rings is 2. The number of carbonyl (C=O) groups is 2. The van der Waals surface area contributed by atoms with Crippen molar-refractivity contribution in [1.29, 1.82) is 0 Å². The lowest BCUT2D eigenvalue weighted by atomic mass is 10.2. The summed E-state index contributed by atoms with van der Waals surface area (Å²) < 4.78 is 5.09. The van der Waals surface area contributed by atoms with Crippen molar-refractivity contribution in [3.05, 3.63) is 47.0 Å². The summed E-state index contributed by atoms with van der Waals surface area (Å²) in [6.07, 6.45) is 0. The number of amides is 2. The van der Waals surface area contributed by atoms with E-state index in [1.165, 1.54) is 25.3 Å². The van der Waals surface area contributed by atoms with Crippen molar-refractivity contribution >= 4 is 34.8 Å². The molecule has 2 amide bonds. The molecule has 120 valence electrons. The van der Waals surface area contributed by atoms with Crippen LogP contribution in [0.25, 0.3) is 0 Å². The molecule has 2 aromatic rings. The van der Waals surface area contributed by atoms with Crippen molar-refractivity contribution in [2.24, 2.45) is 0 Å². The minimum Gasteiger partial charge on any atom is -0.506 e. The summed E-state index contributed by atoms with van der Waals surface area (Å²) in [6, 6.07) is 9.33. The second-order valence-electron chi connectivity index (χ2n) is 4.77. The Hall–Kier alpha value is -2.73. The molecule has 7 heteroatoms. The lowest BCUT2D eigenvalue weighted by molar-refractivity contribution is -0.133. The molecule has 0 saturated carbocycles. The maximum atomic E-state index is 12.0. The lowest BCUT2D eigenvalue weighted by Crippen LogP contribution is -2.29. The maximum absolute atomic E-state index is 12.0. The number of aryl methyl sites for hydroxylation is 1. The smallest absolute Gasteiger partial charge is 0.314 e. The second kappa shape index (κ2) is 7.02. The van der Waals surface area contributed by atoms with E-state index >= 15 is 0 Å². The van der Waals surface area contributed by atoms with Crippen molar-refractivity contribution in [2.75, 3.05) is 17.7 Å². The first-order chi connectivity index (χ1) is 10.9. The van der Waals surface area contributed by atoms with E-state index in [4.69, 9.17) is 16.3 Å². The molecule has 2 aromatic carbocycles. The van der Waals surface area contributed by atoms with Gasteiger partial charge in [0.1, 0.15) is 11.5 Å². The highest BCUT2D eigenvalue weighted by Gasteiger charge is 2.17. The molecule has 0 radical (unpaired) electrons. The van der Waals surface area contributed by atoms with E-state index in [2.05, 4.69) is 10.6 Å². The van der Waals surface area contributed by atoms with E-state index in [1.54, 1.807) is 25.1 Å². The Kier molecular flexibility index (Phi) is 5.08. The average Bonchev–Trinajstić information content (AvgIpc) is 2.50. The molecule has 0 aliphatic rings. The molecule has 0 spiro atoms. The summed E-state index contributed by atoms with van der Waals surface area (Å²) >= 11 is 5.86. The van der Waals surface area contributed by atoms with Crippen LogP contribution in [0.5, 0.6) is 11.5 Å². The highest BCUT2D eigenvalue weighted by atomic mass is 35.5. The zero-order valence-corrected chi connectivity index (χ0v) is 13.3. The Morgan fingerprint density at radius 3 is 2.30 bits per heavy atom. The van der Waals surface area contributed by atoms with Gasteiger partial charge in [0, 0.05) is 5.02 Å². The van der Waals surface area contributed by atoms with Crippen LogP contribution in [0.15, 0.2) is 36.4 Å². The predicted octanol–water partition coefficient (Wildman–Crippen LogP) is 2.94. The molecule has 0 aliphatic heterocycles. The van der Waals surface area contributed by atoms with Crippen LogP contribution in [-0.2, 0) is 9.59 Å². The first-order valence-electron chi connectivity index (χ1n) is 6.66. The fourth-order valence-electron chi connectivity index (χ4n) is 1.88. The molecule has 0 aliphatic carbocycles. The van der Waals surface area contributed by atoms with Gasteiger partial charge >= 0.3 is 11.8 Å². The zero-order chi connectivity index (χ0) is 17.0. The van der Waals surface area contributed by atoms with Crippen LogP contribution in [0, 0.1) is 6.92 Å². The summed E-state index contributed by atoms with van der Waals surface area (Å²) in [5, 5.41) is 14.9. The van der Waals surface area contributed by atoms with Gasteiger partial charge in [-0.05, 0) is 42.8 Å². The van der Waals surface area contributed by atoms with Gasteiger partial charge in [0.05, 0.1) is 18.5 Å². The monoisotopic (exact) mass is 334 g/mol. The predicted molar refractivity (Wildman–Crippen MR) is 88.1 cm³/mol. The van der Waals surface area contributed by atoms with Crippen LogP contribution in [0.4, 0.5) is 11.4 Å². The first kappa shape index (κ1) is 16.6. The fourth-order valence-corrected chi connectivity index (χ4v) is 2.06. The molecule has 0 atom stereocenters. The number of carbonyl (C=O) groups excluding carboxylic acids is 2. The molecule has 23 heavy (non-hydrogen) atoms. The normalized spacial score (nSPS) is 10.0. The van der Waals surface area contributed by atoms with E-state index in [0.717, 1.165) is 5.56 Å². The molecule has 0 bridgehead atoms. The Morgan fingerprint density at radius 1 is 1.04 bits per heavy atom. The van der Waals surface area contributed by atoms with Gasteiger partial charge in [-0.3, -0.25) is 9.59 Å². The number of hydrogen-bond acceptors (Lipinski definition) is 4. The van der Waals surface area contributed by atoms with E-state index < -0.39 is 11.8 Å². The van der Waals surface area contributed by atoms with Crippen LogP contribution in [0.1, 0.15) is 5.56 Å². The highest BCUT2D eigenvalue weighted by Crippen LogP contribution is 2.28. The molecule has 2 rings (SSSR count). The average molecular weight is 335 g/mol. The third kappa shape index (κ3) is 4.14. The molecule has 0 aromatic heterocycles. The van der Waals surface area contributed by atoms with Gasteiger partial charge in [0.2, 0.25) is 0 Å². The van der Waals surface area contributed by atoms with Crippen LogP contribution >= 0.6 is 11.6 Å². The fraction of sp³-hybridized carbons (Fsp3) is 0.125. The van der Waals surface area contributed by atoms with Crippen molar-refractivity contribution in [3.8, 4) is 11.5 Å². The Labute approximate surface area is 138 Å². The molecule has 0 heterocycles. The molecule has 6 nitrogen and oxygen atoms in total. The molecular formula is C16H15ClN2O4. The van der Waals surface area contributed by atoms with Crippen molar-refractivity contribution < 1.29 is 19.4 Å². The number of anilines is 2. The van der Waals surface area contributed by atoms with E-state index in [-0.39, 0.29) is 17.1 Å². The molecule has 3 N–H and O–H groups in total. The summed E-state index contributed by atoms with van der Waals surface area (Å²) in [6.45, 7) is 1.80. The van der Waals surface area contributed by atoms with E-state index in [1.807, 2.05) is 0 Å². The molecule has 0 fully saturated rings. The maximum Gasteiger partial charge on any atom is 0.314 e. The number of halogens is 1. The van der Waals surface area contributed by atoms with Crippen LogP contribution < -0.4 is 15.4 Å². The van der Waals surface area contributed by atoms with Gasteiger partial charge in [-0.25, -0.2) is 0 Å². The second-order valence-corrected chi connectivity index (χ2v) is 5.21. The van der Waals surface area contributed by atoms with Gasteiger partial charge in [-0.15, -0.1) is 0 Å². The number of methoxy groups -OCH3 is 1. The van der Waals surface area contributed by atoms with Crippen molar-refractivity contribution in [3.63, 3.8) is 0 Å². The number of phenols is 1. The van der Waals surface area contributed by atoms with Gasteiger partial charge < -0.3 is 20.5 Å². The molecule has 0 unspecified atom stereocenters. The Bertz CT molecular complexity index is 762. The van der Waals surface area contributed by atoms with E-state index in [0.29, 0.717) is 10.8 Å². The summed E-state index contributed by atoms with van der Waals surface area (Å²) in [5.41, 5.74) is 1.25. The zero-order valence-electron chi connectivity index (χ0n) is 12.5. The topological polar surface area (TPSA) is 87.7 Å². The molecule has 0 saturated heterocycles. The number of ether oxygens (including phenoxy) is 1. The van der Waals surface area contributed by atoms with Crippen LogP contribution in [0.3, 0.4) is 0 Å². The SMILES string of the molecule is COc1ccc(Cl)cc1NC(=O)C(=O)Nc1ccc(C)cc1O. The quantitative estimate of drug-likeness (QED) is 0.595. The minimum atomic E-state index is -0.925. The van der Waals surface area contributed by atoms with Gasteiger partial charge in [0.15, 0.2) is 0 Å². The van der Waals surface area contributed by atoms with Crippen molar-refractivity contribution in [1.82, 2.24) is 0 Å². The summed E-state index contributed by atoms with van der Waals surface area (Å²) in [5.74, 6) is -1.59. The molecular weight excluding hydrogens is 320 g/mol. The van der Waals surface area contributed by atoms with Crippen molar-refractivity contribution in [2.45, 2.75) is 6.92 Å². The Balaban J connectivity index is 2.11. The third-order valence-corrected chi connectivity index (χ3v) is 3.25. The minimum absolute atomic E-state index is 0.119. The van der Waals surface area contributed by atoms with E-state index in [9.17, 15) is 14.7 Å².